The fourth-order valence-electron chi connectivity index (χ4n) is 4.65. The summed E-state index contributed by atoms with van der Waals surface area (Å²) in [5, 5.41) is 9.73. The van der Waals surface area contributed by atoms with Gasteiger partial charge in [0.15, 0.2) is 0 Å². The highest BCUT2D eigenvalue weighted by Gasteiger charge is 2.53. The molecule has 0 radical (unpaired) electrons. The smallest absolute Gasteiger partial charge is 0.410 e. The zero-order valence-corrected chi connectivity index (χ0v) is 15.7. The molecule has 0 bridgehead atoms. The van der Waals surface area contributed by atoms with Crippen molar-refractivity contribution in [3.8, 4) is 0 Å². The lowest BCUT2D eigenvalue weighted by atomic mass is 9.63. The van der Waals surface area contributed by atoms with Crippen LogP contribution >= 0.6 is 0 Å². The summed E-state index contributed by atoms with van der Waals surface area (Å²) in [5.41, 5.74) is 0.644. The summed E-state index contributed by atoms with van der Waals surface area (Å²) in [7, 11) is 0. The molecular weight excluding hydrogens is 330 g/mol. The molecule has 142 valence electrons. The molecule has 1 aliphatic carbocycles. The van der Waals surface area contributed by atoms with E-state index in [-0.39, 0.29) is 18.6 Å². The van der Waals surface area contributed by atoms with E-state index in [9.17, 15) is 14.7 Å². The van der Waals surface area contributed by atoms with Crippen molar-refractivity contribution in [3.05, 3.63) is 35.9 Å². The molecule has 1 aromatic rings. The Bertz CT molecular complexity index is 635. The first-order chi connectivity index (χ1) is 12.4. The molecule has 1 unspecified atom stereocenters. The number of nitrogens with zero attached hydrogens (tertiary/aromatic N) is 1. The number of benzene rings is 1. The molecule has 0 aromatic heterocycles. The molecule has 2 aliphatic rings. The monoisotopic (exact) mass is 359 g/mol. The van der Waals surface area contributed by atoms with Crippen LogP contribution in [0, 0.1) is 23.2 Å². The van der Waals surface area contributed by atoms with Crippen LogP contribution in [0.4, 0.5) is 4.79 Å². The molecule has 5 heteroatoms. The van der Waals surface area contributed by atoms with Crippen molar-refractivity contribution in [1.82, 2.24) is 4.90 Å². The third kappa shape index (κ3) is 3.87. The van der Waals surface area contributed by atoms with Gasteiger partial charge in [0.05, 0.1) is 5.92 Å². The summed E-state index contributed by atoms with van der Waals surface area (Å²) < 4.78 is 5.43. The molecule has 1 aliphatic heterocycles. The Morgan fingerprint density at radius 1 is 1.23 bits per heavy atom. The Kier molecular flexibility index (Phi) is 5.54. The normalized spacial score (nSPS) is 28.5. The van der Waals surface area contributed by atoms with Gasteiger partial charge < -0.3 is 14.7 Å². The van der Waals surface area contributed by atoms with Crippen molar-refractivity contribution in [2.45, 2.75) is 46.1 Å². The molecule has 3 rings (SSSR count). The molecule has 1 spiro atoms. The van der Waals surface area contributed by atoms with Crippen LogP contribution in [-0.2, 0) is 16.1 Å². The van der Waals surface area contributed by atoms with E-state index in [1.54, 1.807) is 4.90 Å². The maximum atomic E-state index is 12.5. The predicted molar refractivity (Wildman–Crippen MR) is 98.6 cm³/mol. The molecular formula is C21H29NO4. The average molecular weight is 359 g/mol. The largest absolute Gasteiger partial charge is 0.481 e. The van der Waals surface area contributed by atoms with E-state index in [2.05, 4.69) is 13.8 Å². The fraction of sp³-hybridized carbons (Fsp3) is 0.619. The Balaban J connectivity index is 1.63. The van der Waals surface area contributed by atoms with Gasteiger partial charge in [-0.3, -0.25) is 4.79 Å². The molecule has 5 nitrogen and oxygen atoms in total. The minimum absolute atomic E-state index is 0.219. The average Bonchev–Trinajstić information content (AvgIpc) is 3.00. The van der Waals surface area contributed by atoms with Crippen molar-refractivity contribution < 1.29 is 19.4 Å². The van der Waals surface area contributed by atoms with Crippen LogP contribution < -0.4 is 0 Å². The minimum atomic E-state index is -0.786. The highest BCUT2D eigenvalue weighted by Crippen LogP contribution is 2.50. The highest BCUT2D eigenvalue weighted by molar-refractivity contribution is 5.75. The SMILES string of the molecule is CC(C)C1CCC2(CC1)CN(C(=O)OCc1ccccc1)CC2C(=O)O. The molecule has 1 aromatic carbocycles. The number of ether oxygens (including phenoxy) is 1. The van der Waals surface area contributed by atoms with Gasteiger partial charge >= 0.3 is 12.1 Å². The number of amides is 1. The second-order valence-electron chi connectivity index (χ2n) is 8.26. The molecule has 1 saturated heterocycles. The Morgan fingerprint density at radius 2 is 1.88 bits per heavy atom. The van der Waals surface area contributed by atoms with E-state index in [0.29, 0.717) is 18.4 Å². The predicted octanol–water partition coefficient (Wildman–Crippen LogP) is 4.17. The van der Waals surface area contributed by atoms with E-state index >= 15 is 0 Å². The van der Waals surface area contributed by atoms with Gasteiger partial charge in [0.2, 0.25) is 0 Å². The topological polar surface area (TPSA) is 66.8 Å². The third-order valence-corrected chi connectivity index (χ3v) is 6.38. The van der Waals surface area contributed by atoms with E-state index in [4.69, 9.17) is 4.74 Å². The van der Waals surface area contributed by atoms with Crippen LogP contribution in [0.3, 0.4) is 0 Å². The van der Waals surface area contributed by atoms with Gasteiger partial charge in [-0.2, -0.15) is 0 Å². The van der Waals surface area contributed by atoms with Crippen molar-refractivity contribution in [1.29, 1.82) is 0 Å². The summed E-state index contributed by atoms with van der Waals surface area (Å²) in [6.45, 7) is 5.45. The van der Waals surface area contributed by atoms with Gasteiger partial charge in [-0.05, 0) is 43.1 Å². The van der Waals surface area contributed by atoms with Crippen LogP contribution in [0.15, 0.2) is 30.3 Å². The first-order valence-electron chi connectivity index (χ1n) is 9.60. The number of hydrogen-bond donors (Lipinski definition) is 1. The second kappa shape index (κ2) is 7.68. The van der Waals surface area contributed by atoms with E-state index < -0.39 is 18.0 Å². The van der Waals surface area contributed by atoms with Gasteiger partial charge in [-0.25, -0.2) is 4.79 Å². The number of likely N-dealkylation sites (tertiary alicyclic amines) is 1. The fourth-order valence-corrected chi connectivity index (χ4v) is 4.65. The molecule has 1 amide bonds. The minimum Gasteiger partial charge on any atom is -0.481 e. The number of hydrogen-bond acceptors (Lipinski definition) is 3. The first-order valence-corrected chi connectivity index (χ1v) is 9.60. The van der Waals surface area contributed by atoms with Crippen LogP contribution in [0.1, 0.15) is 45.1 Å². The van der Waals surface area contributed by atoms with E-state index in [1.807, 2.05) is 30.3 Å². The number of carbonyl (C=O) groups excluding carboxylic acids is 1. The third-order valence-electron chi connectivity index (χ3n) is 6.38. The number of rotatable bonds is 4. The molecule has 1 atom stereocenters. The number of carboxylic acids is 1. The van der Waals surface area contributed by atoms with E-state index in [0.717, 1.165) is 31.2 Å². The zero-order valence-electron chi connectivity index (χ0n) is 15.7. The van der Waals surface area contributed by atoms with Gasteiger partial charge in [0.25, 0.3) is 0 Å². The van der Waals surface area contributed by atoms with Crippen LogP contribution in [-0.4, -0.2) is 35.2 Å². The van der Waals surface area contributed by atoms with Crippen molar-refractivity contribution >= 4 is 12.1 Å². The lowest BCUT2D eigenvalue weighted by Gasteiger charge is -2.40. The first kappa shape index (κ1) is 18.7. The van der Waals surface area contributed by atoms with Crippen LogP contribution in [0.5, 0.6) is 0 Å². The summed E-state index contributed by atoms with van der Waals surface area (Å²) >= 11 is 0. The van der Waals surface area contributed by atoms with Gasteiger partial charge in [0, 0.05) is 18.5 Å². The maximum absolute atomic E-state index is 12.5. The molecule has 26 heavy (non-hydrogen) atoms. The number of carbonyl (C=O) groups is 2. The molecule has 1 heterocycles. The Labute approximate surface area is 155 Å². The lowest BCUT2D eigenvalue weighted by molar-refractivity contribution is -0.145. The lowest BCUT2D eigenvalue weighted by Crippen LogP contribution is -2.39. The van der Waals surface area contributed by atoms with Crippen molar-refractivity contribution in [3.63, 3.8) is 0 Å². The molecule has 1 N–H and O–H groups in total. The van der Waals surface area contributed by atoms with Gasteiger partial charge in [0.1, 0.15) is 6.61 Å². The maximum Gasteiger partial charge on any atom is 0.410 e. The standard InChI is InChI=1S/C21H29NO4/c1-15(2)17-8-10-21(11-9-17)14-22(12-18(21)19(23)24)20(25)26-13-16-6-4-3-5-7-16/h3-7,15,17-18H,8-14H2,1-2H3,(H,23,24). The van der Waals surface area contributed by atoms with Gasteiger partial charge in [-0.1, -0.05) is 44.2 Å². The zero-order chi connectivity index (χ0) is 18.7. The summed E-state index contributed by atoms with van der Waals surface area (Å²) in [6.07, 6.45) is 3.47. The summed E-state index contributed by atoms with van der Waals surface area (Å²) in [6, 6.07) is 9.54. The molecule has 1 saturated carbocycles. The Hall–Kier alpha value is -2.04. The summed E-state index contributed by atoms with van der Waals surface area (Å²) in [4.78, 5) is 26.0. The molecule has 2 fully saturated rings. The van der Waals surface area contributed by atoms with Crippen molar-refractivity contribution in [2.24, 2.45) is 23.2 Å². The number of aliphatic carboxylic acids is 1. The van der Waals surface area contributed by atoms with E-state index in [1.165, 1.54) is 0 Å². The second-order valence-corrected chi connectivity index (χ2v) is 8.26. The summed E-state index contributed by atoms with van der Waals surface area (Å²) in [5.74, 6) is 0.0179. The highest BCUT2D eigenvalue weighted by atomic mass is 16.6. The Morgan fingerprint density at radius 3 is 2.46 bits per heavy atom. The van der Waals surface area contributed by atoms with Crippen molar-refractivity contribution in [2.75, 3.05) is 13.1 Å². The quantitative estimate of drug-likeness (QED) is 0.876. The van der Waals surface area contributed by atoms with Gasteiger partial charge in [-0.15, -0.1) is 0 Å². The number of carboxylic acid groups (broad SMARTS) is 1. The van der Waals surface area contributed by atoms with Crippen LogP contribution in [0.2, 0.25) is 0 Å². The van der Waals surface area contributed by atoms with Crippen LogP contribution in [0.25, 0.3) is 0 Å².